The Balaban J connectivity index is 2.35. The standard InChI is InChI=1S/C13H14ClN3O3S/c1-8-4-10(21(14,19)20)5-9(2)12(8)16-13(18)11-6-17(3)7-15-11/h4-7H,1-3H3,(H,16,18). The topological polar surface area (TPSA) is 81.1 Å². The van der Waals surface area contributed by atoms with Crippen LogP contribution in [0, 0.1) is 13.8 Å². The Labute approximate surface area is 127 Å². The smallest absolute Gasteiger partial charge is 0.275 e. The van der Waals surface area contributed by atoms with E-state index >= 15 is 0 Å². The number of anilines is 1. The van der Waals surface area contributed by atoms with E-state index in [-0.39, 0.29) is 16.5 Å². The third-order valence-corrected chi connectivity index (χ3v) is 4.30. The Hall–Kier alpha value is -1.86. The van der Waals surface area contributed by atoms with Crippen LogP contribution in [-0.4, -0.2) is 23.9 Å². The zero-order chi connectivity index (χ0) is 15.8. The predicted molar refractivity (Wildman–Crippen MR) is 80.1 cm³/mol. The van der Waals surface area contributed by atoms with Crippen LogP contribution in [0.15, 0.2) is 29.6 Å². The molecule has 0 bridgehead atoms. The molecule has 2 aromatic rings. The lowest BCUT2D eigenvalue weighted by Gasteiger charge is -2.12. The molecule has 1 N–H and O–H groups in total. The number of carbonyl (C=O) groups is 1. The van der Waals surface area contributed by atoms with Gasteiger partial charge in [0.05, 0.1) is 11.2 Å². The fourth-order valence-electron chi connectivity index (χ4n) is 1.97. The van der Waals surface area contributed by atoms with E-state index in [1.54, 1.807) is 31.7 Å². The second kappa shape index (κ2) is 5.50. The molecule has 0 spiro atoms. The fraction of sp³-hybridized carbons (Fsp3) is 0.231. The number of halogens is 1. The minimum absolute atomic E-state index is 0.00926. The first kappa shape index (κ1) is 15.5. The summed E-state index contributed by atoms with van der Waals surface area (Å²) in [6.07, 6.45) is 3.12. The third kappa shape index (κ3) is 3.43. The van der Waals surface area contributed by atoms with Crippen molar-refractivity contribution in [2.24, 2.45) is 7.05 Å². The summed E-state index contributed by atoms with van der Waals surface area (Å²) < 4.78 is 24.4. The van der Waals surface area contributed by atoms with Crippen LogP contribution < -0.4 is 5.32 Å². The van der Waals surface area contributed by atoms with Crippen LogP contribution in [0.1, 0.15) is 21.6 Å². The Morgan fingerprint density at radius 2 is 1.86 bits per heavy atom. The van der Waals surface area contributed by atoms with Gasteiger partial charge in [-0.2, -0.15) is 0 Å². The van der Waals surface area contributed by atoms with E-state index in [0.717, 1.165) is 0 Å². The lowest BCUT2D eigenvalue weighted by atomic mass is 10.1. The van der Waals surface area contributed by atoms with E-state index in [0.29, 0.717) is 16.8 Å². The van der Waals surface area contributed by atoms with E-state index in [2.05, 4.69) is 10.3 Å². The molecule has 2 rings (SSSR count). The van der Waals surface area contributed by atoms with Gasteiger partial charge in [-0.25, -0.2) is 13.4 Å². The molecule has 1 heterocycles. The molecule has 1 aromatic carbocycles. The van der Waals surface area contributed by atoms with Crippen LogP contribution in [0.5, 0.6) is 0 Å². The molecule has 6 nitrogen and oxygen atoms in total. The number of carbonyl (C=O) groups excluding carboxylic acids is 1. The maximum absolute atomic E-state index is 12.1. The highest BCUT2D eigenvalue weighted by Gasteiger charge is 2.16. The molecule has 0 fully saturated rings. The van der Waals surface area contributed by atoms with Gasteiger partial charge in [-0.1, -0.05) is 0 Å². The summed E-state index contributed by atoms with van der Waals surface area (Å²) in [5.74, 6) is -0.358. The van der Waals surface area contributed by atoms with Gasteiger partial charge in [-0.3, -0.25) is 4.79 Å². The van der Waals surface area contributed by atoms with Gasteiger partial charge in [-0.15, -0.1) is 0 Å². The molecule has 0 unspecified atom stereocenters. The Morgan fingerprint density at radius 1 is 1.29 bits per heavy atom. The minimum atomic E-state index is -3.80. The molecule has 112 valence electrons. The largest absolute Gasteiger partial charge is 0.340 e. The van der Waals surface area contributed by atoms with Crippen molar-refractivity contribution in [2.75, 3.05) is 5.32 Å². The van der Waals surface area contributed by atoms with Crippen molar-refractivity contribution >= 4 is 31.3 Å². The van der Waals surface area contributed by atoms with Crippen molar-refractivity contribution in [1.29, 1.82) is 0 Å². The predicted octanol–water partition coefficient (Wildman–Crippen LogP) is 2.22. The summed E-state index contributed by atoms with van der Waals surface area (Å²) in [5.41, 5.74) is 2.05. The number of hydrogen-bond donors (Lipinski definition) is 1. The molecule has 0 saturated heterocycles. The minimum Gasteiger partial charge on any atom is -0.340 e. The monoisotopic (exact) mass is 327 g/mol. The number of aryl methyl sites for hydroxylation is 3. The van der Waals surface area contributed by atoms with E-state index in [4.69, 9.17) is 10.7 Å². The molecule has 0 aliphatic rings. The number of benzene rings is 1. The molecule has 1 aromatic heterocycles. The van der Waals surface area contributed by atoms with Crippen LogP contribution in [0.25, 0.3) is 0 Å². The number of nitrogens with one attached hydrogen (secondary N) is 1. The summed E-state index contributed by atoms with van der Waals surface area (Å²) in [6.45, 7) is 3.40. The zero-order valence-electron chi connectivity index (χ0n) is 11.7. The van der Waals surface area contributed by atoms with Gasteiger partial charge in [0.1, 0.15) is 5.69 Å². The van der Waals surface area contributed by atoms with Gasteiger partial charge in [0.25, 0.3) is 15.0 Å². The lowest BCUT2D eigenvalue weighted by molar-refractivity contribution is 0.102. The van der Waals surface area contributed by atoms with Crippen molar-refractivity contribution in [2.45, 2.75) is 18.7 Å². The highest BCUT2D eigenvalue weighted by molar-refractivity contribution is 8.13. The molecule has 0 atom stereocenters. The molecule has 1 amide bonds. The normalized spacial score (nSPS) is 11.4. The van der Waals surface area contributed by atoms with Gasteiger partial charge in [-0.05, 0) is 37.1 Å². The fourth-order valence-corrected chi connectivity index (χ4v) is 2.87. The van der Waals surface area contributed by atoms with Crippen molar-refractivity contribution in [1.82, 2.24) is 9.55 Å². The molecule has 0 saturated carbocycles. The van der Waals surface area contributed by atoms with E-state index in [1.807, 2.05) is 0 Å². The Kier molecular flexibility index (Phi) is 4.06. The average molecular weight is 328 g/mol. The molecule has 8 heteroatoms. The summed E-state index contributed by atoms with van der Waals surface area (Å²) >= 11 is 0. The third-order valence-electron chi connectivity index (χ3n) is 2.96. The molecule has 0 aliphatic carbocycles. The molecule has 0 radical (unpaired) electrons. The molecule has 21 heavy (non-hydrogen) atoms. The van der Waals surface area contributed by atoms with Crippen LogP contribution in [0.2, 0.25) is 0 Å². The van der Waals surface area contributed by atoms with Crippen LogP contribution >= 0.6 is 10.7 Å². The second-order valence-corrected chi connectivity index (χ2v) is 7.31. The van der Waals surface area contributed by atoms with E-state index < -0.39 is 9.05 Å². The van der Waals surface area contributed by atoms with Gasteiger partial charge >= 0.3 is 0 Å². The maximum atomic E-state index is 12.1. The number of aromatic nitrogens is 2. The zero-order valence-corrected chi connectivity index (χ0v) is 13.3. The van der Waals surface area contributed by atoms with E-state index in [9.17, 15) is 13.2 Å². The highest BCUT2D eigenvalue weighted by atomic mass is 35.7. The summed E-state index contributed by atoms with van der Waals surface area (Å²) in [4.78, 5) is 16.1. The number of imidazole rings is 1. The van der Waals surface area contributed by atoms with Crippen LogP contribution in [-0.2, 0) is 16.1 Å². The van der Waals surface area contributed by atoms with Crippen LogP contribution in [0.4, 0.5) is 5.69 Å². The average Bonchev–Trinajstić information content (AvgIpc) is 2.79. The first-order valence-corrected chi connectivity index (χ1v) is 8.34. The Morgan fingerprint density at radius 3 is 2.29 bits per heavy atom. The molecular weight excluding hydrogens is 314 g/mol. The number of hydrogen-bond acceptors (Lipinski definition) is 4. The Bertz CT molecular complexity index is 789. The van der Waals surface area contributed by atoms with Gasteiger partial charge < -0.3 is 9.88 Å². The van der Waals surface area contributed by atoms with E-state index in [1.165, 1.54) is 18.5 Å². The maximum Gasteiger partial charge on any atom is 0.275 e. The molecular formula is C13H14ClN3O3S. The first-order chi connectivity index (χ1) is 9.68. The summed E-state index contributed by atoms with van der Waals surface area (Å²) in [5, 5.41) is 2.73. The van der Waals surface area contributed by atoms with Crippen LogP contribution in [0.3, 0.4) is 0 Å². The lowest BCUT2D eigenvalue weighted by Crippen LogP contribution is -2.14. The van der Waals surface area contributed by atoms with Gasteiger partial charge in [0, 0.05) is 29.6 Å². The van der Waals surface area contributed by atoms with Crippen molar-refractivity contribution in [3.05, 3.63) is 41.5 Å². The SMILES string of the molecule is Cc1cc(S(=O)(=O)Cl)cc(C)c1NC(=O)c1cn(C)cn1. The first-order valence-electron chi connectivity index (χ1n) is 6.03. The second-order valence-electron chi connectivity index (χ2n) is 4.75. The number of amides is 1. The molecule has 0 aliphatic heterocycles. The summed E-state index contributed by atoms with van der Waals surface area (Å²) in [6, 6.07) is 2.84. The highest BCUT2D eigenvalue weighted by Crippen LogP contribution is 2.26. The number of nitrogens with zero attached hydrogens (tertiary/aromatic N) is 2. The number of rotatable bonds is 3. The summed E-state index contributed by atoms with van der Waals surface area (Å²) in [7, 11) is 3.30. The van der Waals surface area contributed by atoms with Gasteiger partial charge in [0.2, 0.25) is 0 Å². The van der Waals surface area contributed by atoms with Crippen molar-refractivity contribution in [3.63, 3.8) is 0 Å². The quantitative estimate of drug-likeness (QED) is 0.876. The van der Waals surface area contributed by atoms with Crippen molar-refractivity contribution < 1.29 is 13.2 Å². The van der Waals surface area contributed by atoms with Crippen molar-refractivity contribution in [3.8, 4) is 0 Å². The van der Waals surface area contributed by atoms with Gasteiger partial charge in [0.15, 0.2) is 0 Å².